The monoisotopic (exact) mass is 452 g/mol. The molecule has 2 amide bonds. The predicted octanol–water partition coefficient (Wildman–Crippen LogP) is 3.74. The van der Waals surface area contributed by atoms with Crippen LogP contribution in [0.3, 0.4) is 0 Å². The highest BCUT2D eigenvalue weighted by molar-refractivity contribution is 6.02. The molecule has 1 N–H and O–H groups in total. The molecule has 8 heteroatoms. The van der Waals surface area contributed by atoms with Crippen LogP contribution in [-0.4, -0.2) is 56.7 Å². The highest BCUT2D eigenvalue weighted by atomic mass is 16.4. The first-order valence-electron chi connectivity index (χ1n) is 11.8. The summed E-state index contributed by atoms with van der Waals surface area (Å²) in [6.45, 7) is 4.86. The lowest BCUT2D eigenvalue weighted by Gasteiger charge is -2.39. The lowest BCUT2D eigenvalue weighted by atomic mass is 9.82. The van der Waals surface area contributed by atoms with Gasteiger partial charge in [0.2, 0.25) is 11.8 Å². The molecule has 8 nitrogen and oxygen atoms in total. The molecule has 2 aliphatic rings. The van der Waals surface area contributed by atoms with E-state index in [1.807, 2.05) is 30.3 Å². The summed E-state index contributed by atoms with van der Waals surface area (Å²) in [7, 11) is 0. The Morgan fingerprint density at radius 1 is 1.00 bits per heavy atom. The highest BCUT2D eigenvalue weighted by Crippen LogP contribution is 2.34. The van der Waals surface area contributed by atoms with Gasteiger partial charge in [0.25, 0.3) is 0 Å². The van der Waals surface area contributed by atoms with Crippen LogP contribution in [0.25, 0.3) is 5.69 Å². The summed E-state index contributed by atoms with van der Waals surface area (Å²) in [6, 6.07) is 9.12. The summed E-state index contributed by atoms with van der Waals surface area (Å²) >= 11 is 0. The fourth-order valence-electron chi connectivity index (χ4n) is 5.01. The van der Waals surface area contributed by atoms with Gasteiger partial charge in [-0.3, -0.25) is 14.5 Å². The molecule has 1 aliphatic heterocycles. The van der Waals surface area contributed by atoms with Crippen molar-refractivity contribution in [2.45, 2.75) is 58.4 Å². The van der Waals surface area contributed by atoms with Gasteiger partial charge in [-0.15, -0.1) is 5.10 Å². The number of aromatic carboxylic acids is 1. The zero-order chi connectivity index (χ0) is 23.5. The fraction of sp³-hybridized carbons (Fsp3) is 0.520. The molecule has 33 heavy (non-hydrogen) atoms. The van der Waals surface area contributed by atoms with Gasteiger partial charge in [-0.25, -0.2) is 9.48 Å². The number of hydrogen-bond donors (Lipinski definition) is 1. The third-order valence-electron chi connectivity index (χ3n) is 7.05. The second-order valence-electron chi connectivity index (χ2n) is 9.35. The molecule has 0 radical (unpaired) electrons. The summed E-state index contributed by atoms with van der Waals surface area (Å²) in [6.07, 6.45) is 6.31. The Labute approximate surface area is 194 Å². The van der Waals surface area contributed by atoms with Crippen molar-refractivity contribution in [3.8, 4) is 5.69 Å². The van der Waals surface area contributed by atoms with E-state index in [2.05, 4.69) is 12.0 Å². The van der Waals surface area contributed by atoms with Gasteiger partial charge in [0.15, 0.2) is 5.82 Å². The molecule has 4 rings (SSSR count). The van der Waals surface area contributed by atoms with Crippen molar-refractivity contribution in [3.63, 3.8) is 0 Å². The number of nitrogens with zero attached hydrogens (tertiary/aromatic N) is 4. The number of likely N-dealkylation sites (tertiary alicyclic amines) is 1. The van der Waals surface area contributed by atoms with Gasteiger partial charge in [-0.1, -0.05) is 25.1 Å². The molecule has 2 heterocycles. The van der Waals surface area contributed by atoms with Gasteiger partial charge >= 0.3 is 5.97 Å². The minimum atomic E-state index is -1.11. The molecule has 1 aliphatic carbocycles. The second-order valence-corrected chi connectivity index (χ2v) is 9.35. The van der Waals surface area contributed by atoms with Crippen LogP contribution in [0.15, 0.2) is 36.5 Å². The molecule has 1 aromatic heterocycles. The molecule has 1 aromatic carbocycles. The molecule has 2 aromatic rings. The quantitative estimate of drug-likeness (QED) is 0.746. The van der Waals surface area contributed by atoms with Gasteiger partial charge < -0.3 is 10.0 Å². The van der Waals surface area contributed by atoms with Gasteiger partial charge in [-0.05, 0) is 56.6 Å². The van der Waals surface area contributed by atoms with Crippen LogP contribution in [-0.2, 0) is 9.59 Å². The maximum absolute atomic E-state index is 13.8. The molecule has 176 valence electrons. The van der Waals surface area contributed by atoms with E-state index < -0.39 is 5.97 Å². The van der Waals surface area contributed by atoms with Crippen molar-refractivity contribution >= 4 is 23.6 Å². The molecule has 2 fully saturated rings. The average Bonchev–Trinajstić information content (AvgIpc) is 3.26. The molecular weight excluding hydrogens is 420 g/mol. The third kappa shape index (κ3) is 4.94. The number of carbonyl (C=O) groups excluding carboxylic acids is 2. The maximum atomic E-state index is 13.8. The second kappa shape index (κ2) is 9.77. The van der Waals surface area contributed by atoms with E-state index in [0.717, 1.165) is 31.4 Å². The molecule has 0 atom stereocenters. The van der Waals surface area contributed by atoms with Crippen molar-refractivity contribution in [3.05, 3.63) is 42.1 Å². The molecule has 1 saturated carbocycles. The first-order chi connectivity index (χ1) is 15.8. The van der Waals surface area contributed by atoms with Crippen LogP contribution in [0.4, 0.5) is 5.82 Å². The zero-order valence-electron chi connectivity index (χ0n) is 19.3. The van der Waals surface area contributed by atoms with Crippen molar-refractivity contribution in [2.24, 2.45) is 11.8 Å². The number of carboxylic acids is 1. The standard InChI is InChI=1S/C25H32N4O4/c1-17-8-10-19(11-9-17)24(31)29(21-12-14-27(15-13-21)18(2)30)23-22(25(32)33)16-28(26-23)20-6-4-3-5-7-20/h3-7,16-17,19,21H,8-15H2,1-2H3,(H,32,33)/t17-,19-. The number of hydrogen-bond acceptors (Lipinski definition) is 4. The van der Waals surface area contributed by atoms with Crippen LogP contribution < -0.4 is 4.90 Å². The van der Waals surface area contributed by atoms with Crippen LogP contribution in [0.5, 0.6) is 0 Å². The van der Waals surface area contributed by atoms with E-state index in [9.17, 15) is 19.5 Å². The number of benzene rings is 1. The Hall–Kier alpha value is -3.16. The Balaban J connectivity index is 1.71. The third-order valence-corrected chi connectivity index (χ3v) is 7.05. The summed E-state index contributed by atoms with van der Waals surface area (Å²) in [5.41, 5.74) is 0.752. The minimum absolute atomic E-state index is 0.0189. The molecule has 0 bridgehead atoms. The number of para-hydroxylation sites is 1. The Kier molecular flexibility index (Phi) is 6.81. The van der Waals surface area contributed by atoms with Gasteiger partial charge in [0.05, 0.1) is 5.69 Å². The van der Waals surface area contributed by atoms with E-state index >= 15 is 0 Å². The van der Waals surface area contributed by atoms with Gasteiger partial charge in [-0.2, -0.15) is 0 Å². The summed E-state index contributed by atoms with van der Waals surface area (Å²) < 4.78 is 1.53. The maximum Gasteiger partial charge on any atom is 0.341 e. The van der Waals surface area contributed by atoms with Crippen LogP contribution >= 0.6 is 0 Å². The number of amides is 2. The SMILES string of the molecule is CC(=O)N1CCC(N(c2nn(-c3ccccc3)cc2C(=O)O)C(=O)[C@H]2CC[C@H](C)CC2)CC1. The van der Waals surface area contributed by atoms with E-state index in [-0.39, 0.29) is 35.2 Å². The average molecular weight is 453 g/mol. The number of aromatic nitrogens is 2. The summed E-state index contributed by atoms with van der Waals surface area (Å²) in [4.78, 5) is 41.3. The Morgan fingerprint density at radius 3 is 2.21 bits per heavy atom. The Bertz CT molecular complexity index is 1000. The van der Waals surface area contributed by atoms with E-state index in [1.165, 1.54) is 10.9 Å². The largest absolute Gasteiger partial charge is 0.477 e. The fourth-order valence-corrected chi connectivity index (χ4v) is 5.01. The Morgan fingerprint density at radius 2 is 1.64 bits per heavy atom. The minimum Gasteiger partial charge on any atom is -0.477 e. The van der Waals surface area contributed by atoms with Crippen LogP contribution in [0, 0.1) is 11.8 Å². The van der Waals surface area contributed by atoms with Gasteiger partial charge in [0.1, 0.15) is 5.56 Å². The molecular formula is C25H32N4O4. The van der Waals surface area contributed by atoms with Crippen molar-refractivity contribution < 1.29 is 19.5 Å². The smallest absolute Gasteiger partial charge is 0.341 e. The lowest BCUT2D eigenvalue weighted by molar-refractivity contribution is -0.130. The molecule has 1 saturated heterocycles. The molecule has 0 spiro atoms. The number of carbonyl (C=O) groups is 3. The van der Waals surface area contributed by atoms with E-state index in [0.29, 0.717) is 31.8 Å². The van der Waals surface area contributed by atoms with Gasteiger partial charge in [0, 0.05) is 38.2 Å². The first kappa shape index (κ1) is 23.0. The number of rotatable bonds is 5. The molecule has 0 unspecified atom stereocenters. The summed E-state index contributed by atoms with van der Waals surface area (Å²) in [5, 5.41) is 14.6. The van der Waals surface area contributed by atoms with E-state index in [4.69, 9.17) is 0 Å². The van der Waals surface area contributed by atoms with Crippen molar-refractivity contribution in [1.29, 1.82) is 0 Å². The number of carboxylic acid groups (broad SMARTS) is 1. The predicted molar refractivity (Wildman–Crippen MR) is 124 cm³/mol. The topological polar surface area (TPSA) is 95.7 Å². The van der Waals surface area contributed by atoms with Crippen LogP contribution in [0.1, 0.15) is 62.7 Å². The first-order valence-corrected chi connectivity index (χ1v) is 11.8. The highest BCUT2D eigenvalue weighted by Gasteiger charge is 2.38. The van der Waals surface area contributed by atoms with E-state index in [1.54, 1.807) is 16.7 Å². The number of piperidine rings is 1. The van der Waals surface area contributed by atoms with Crippen LogP contribution in [0.2, 0.25) is 0 Å². The zero-order valence-corrected chi connectivity index (χ0v) is 19.3. The lowest BCUT2D eigenvalue weighted by Crippen LogP contribution is -2.51. The number of anilines is 1. The summed E-state index contributed by atoms with van der Waals surface area (Å²) in [5.74, 6) is -0.445. The van der Waals surface area contributed by atoms with Crippen molar-refractivity contribution in [1.82, 2.24) is 14.7 Å². The van der Waals surface area contributed by atoms with Crippen molar-refractivity contribution in [2.75, 3.05) is 18.0 Å². The normalized spacial score (nSPS) is 21.6.